The third kappa shape index (κ3) is 3.66. The topological polar surface area (TPSA) is 61.5 Å². The van der Waals surface area contributed by atoms with Crippen LogP contribution in [0.15, 0.2) is 54.6 Å². The summed E-state index contributed by atoms with van der Waals surface area (Å²) in [5.74, 6) is 1.04. The monoisotopic (exact) mass is 271 g/mol. The summed E-state index contributed by atoms with van der Waals surface area (Å²) in [6.07, 6.45) is -0.938. The Morgan fingerprint density at radius 3 is 2.50 bits per heavy atom. The van der Waals surface area contributed by atoms with E-state index in [1.54, 1.807) is 31.2 Å². The molecule has 2 rings (SSSR count). The molecule has 0 aliphatic heterocycles. The molecule has 2 aromatic carbocycles. The fourth-order valence-electron chi connectivity index (χ4n) is 1.76. The largest absolute Gasteiger partial charge is 0.457 e. The van der Waals surface area contributed by atoms with Gasteiger partial charge in [-0.25, -0.2) is 0 Å². The Hall–Kier alpha value is -2.17. The number of rotatable bonds is 6. The predicted molar refractivity (Wildman–Crippen MR) is 76.9 cm³/mol. The van der Waals surface area contributed by atoms with Crippen LogP contribution in [-0.2, 0) is 4.74 Å². The van der Waals surface area contributed by atoms with E-state index in [-0.39, 0.29) is 5.78 Å². The van der Waals surface area contributed by atoms with Crippen LogP contribution in [0.3, 0.4) is 0 Å². The first kappa shape index (κ1) is 14.2. The van der Waals surface area contributed by atoms with Crippen molar-refractivity contribution < 1.29 is 14.3 Å². The number of carbonyl (C=O) groups is 1. The van der Waals surface area contributed by atoms with Crippen molar-refractivity contribution in [2.45, 2.75) is 13.2 Å². The molecule has 0 saturated heterocycles. The Bertz CT molecular complexity index is 569. The Morgan fingerprint density at radius 2 is 1.80 bits per heavy atom. The van der Waals surface area contributed by atoms with Crippen molar-refractivity contribution in [1.82, 2.24) is 0 Å². The minimum absolute atomic E-state index is 0.259. The summed E-state index contributed by atoms with van der Waals surface area (Å²) in [5, 5.41) is 0. The number of benzene rings is 2. The van der Waals surface area contributed by atoms with Gasteiger partial charge in [0.15, 0.2) is 6.23 Å². The predicted octanol–water partition coefficient (Wildman–Crippen LogP) is 2.98. The van der Waals surface area contributed by atoms with Crippen LogP contribution in [0.5, 0.6) is 11.5 Å². The van der Waals surface area contributed by atoms with E-state index in [2.05, 4.69) is 0 Å². The van der Waals surface area contributed by atoms with E-state index >= 15 is 0 Å². The SMILES string of the molecule is CCOC(N)C(=O)c1cccc(Oc2ccccc2)c1. The van der Waals surface area contributed by atoms with Crippen LogP contribution >= 0.6 is 0 Å². The van der Waals surface area contributed by atoms with Crippen LogP contribution in [0.2, 0.25) is 0 Å². The first-order chi connectivity index (χ1) is 9.70. The van der Waals surface area contributed by atoms with Crippen LogP contribution in [0.1, 0.15) is 17.3 Å². The first-order valence-corrected chi connectivity index (χ1v) is 6.45. The Balaban J connectivity index is 2.14. The number of hydrogen-bond donors (Lipinski definition) is 1. The van der Waals surface area contributed by atoms with Gasteiger partial charge in [-0.2, -0.15) is 0 Å². The number of hydrogen-bond acceptors (Lipinski definition) is 4. The lowest BCUT2D eigenvalue weighted by Crippen LogP contribution is -2.33. The van der Waals surface area contributed by atoms with Crippen molar-refractivity contribution >= 4 is 5.78 Å². The summed E-state index contributed by atoms with van der Waals surface area (Å²) in [6, 6.07) is 16.3. The molecule has 4 nitrogen and oxygen atoms in total. The second kappa shape index (κ2) is 6.84. The smallest absolute Gasteiger partial charge is 0.206 e. The van der Waals surface area contributed by atoms with Crippen molar-refractivity contribution in [2.75, 3.05) is 6.61 Å². The van der Waals surface area contributed by atoms with Gasteiger partial charge >= 0.3 is 0 Å². The number of carbonyl (C=O) groups excluding carboxylic acids is 1. The zero-order valence-corrected chi connectivity index (χ0v) is 11.3. The number of Topliss-reactive ketones (excluding diaryl/α,β-unsaturated/α-hetero) is 1. The van der Waals surface area contributed by atoms with Gasteiger partial charge in [-0.1, -0.05) is 30.3 Å². The van der Waals surface area contributed by atoms with Gasteiger partial charge in [-0.15, -0.1) is 0 Å². The zero-order valence-electron chi connectivity index (χ0n) is 11.3. The number of ether oxygens (including phenoxy) is 2. The molecule has 0 saturated carbocycles. The van der Waals surface area contributed by atoms with Gasteiger partial charge in [0.2, 0.25) is 5.78 Å². The lowest BCUT2D eigenvalue weighted by atomic mass is 10.1. The van der Waals surface area contributed by atoms with Gasteiger partial charge in [0.1, 0.15) is 11.5 Å². The van der Waals surface area contributed by atoms with Gasteiger partial charge < -0.3 is 9.47 Å². The molecule has 20 heavy (non-hydrogen) atoms. The minimum Gasteiger partial charge on any atom is -0.457 e. The van der Waals surface area contributed by atoms with E-state index < -0.39 is 6.23 Å². The molecule has 104 valence electrons. The highest BCUT2D eigenvalue weighted by Gasteiger charge is 2.16. The maximum Gasteiger partial charge on any atom is 0.206 e. The minimum atomic E-state index is -0.938. The molecule has 1 atom stereocenters. The van der Waals surface area contributed by atoms with Gasteiger partial charge in [0.25, 0.3) is 0 Å². The van der Waals surface area contributed by atoms with Crippen molar-refractivity contribution in [3.63, 3.8) is 0 Å². The lowest BCUT2D eigenvalue weighted by molar-refractivity contribution is 0.0479. The standard InChI is InChI=1S/C16H17NO3/c1-2-19-16(17)15(18)12-7-6-10-14(11-12)20-13-8-4-3-5-9-13/h3-11,16H,2,17H2,1H3. The van der Waals surface area contributed by atoms with Gasteiger partial charge in [-0.3, -0.25) is 10.5 Å². The molecule has 0 aromatic heterocycles. The third-order valence-electron chi connectivity index (χ3n) is 2.70. The second-order valence-corrected chi connectivity index (χ2v) is 4.18. The molecule has 2 N–H and O–H groups in total. The highest BCUT2D eigenvalue weighted by molar-refractivity contribution is 5.99. The van der Waals surface area contributed by atoms with E-state index in [9.17, 15) is 4.79 Å². The van der Waals surface area contributed by atoms with E-state index in [4.69, 9.17) is 15.2 Å². The molecule has 2 aromatic rings. The van der Waals surface area contributed by atoms with Gasteiger partial charge in [-0.05, 0) is 31.2 Å². The first-order valence-electron chi connectivity index (χ1n) is 6.45. The Kier molecular flexibility index (Phi) is 4.87. The summed E-state index contributed by atoms with van der Waals surface area (Å²) in [6.45, 7) is 2.19. The van der Waals surface area contributed by atoms with Crippen molar-refractivity contribution in [3.8, 4) is 11.5 Å². The van der Waals surface area contributed by atoms with Gasteiger partial charge in [0, 0.05) is 12.2 Å². The number of ketones is 1. The van der Waals surface area contributed by atoms with Crippen LogP contribution in [0.4, 0.5) is 0 Å². The quantitative estimate of drug-likeness (QED) is 0.648. The molecule has 0 heterocycles. The van der Waals surface area contributed by atoms with Crippen LogP contribution in [-0.4, -0.2) is 18.6 Å². The number of nitrogens with two attached hydrogens (primary N) is 1. The summed E-state index contributed by atoms with van der Waals surface area (Å²) >= 11 is 0. The highest BCUT2D eigenvalue weighted by atomic mass is 16.5. The lowest BCUT2D eigenvalue weighted by Gasteiger charge is -2.11. The summed E-state index contributed by atoms with van der Waals surface area (Å²) in [7, 11) is 0. The second-order valence-electron chi connectivity index (χ2n) is 4.18. The maximum absolute atomic E-state index is 12.0. The highest BCUT2D eigenvalue weighted by Crippen LogP contribution is 2.22. The summed E-state index contributed by atoms with van der Waals surface area (Å²) in [4.78, 5) is 12.0. The Morgan fingerprint density at radius 1 is 1.10 bits per heavy atom. The normalized spacial score (nSPS) is 11.9. The molecule has 0 spiro atoms. The van der Waals surface area contributed by atoms with E-state index in [0.717, 1.165) is 0 Å². The fraction of sp³-hybridized carbons (Fsp3) is 0.188. The Labute approximate surface area is 118 Å². The molecular formula is C16H17NO3. The molecule has 0 fully saturated rings. The molecule has 4 heteroatoms. The molecule has 1 unspecified atom stereocenters. The van der Waals surface area contributed by atoms with E-state index in [0.29, 0.717) is 23.7 Å². The average Bonchev–Trinajstić information content (AvgIpc) is 2.48. The molecule has 0 radical (unpaired) electrons. The van der Waals surface area contributed by atoms with Crippen molar-refractivity contribution in [3.05, 3.63) is 60.2 Å². The van der Waals surface area contributed by atoms with Crippen LogP contribution in [0.25, 0.3) is 0 Å². The zero-order chi connectivity index (χ0) is 14.4. The number of para-hydroxylation sites is 1. The average molecular weight is 271 g/mol. The van der Waals surface area contributed by atoms with Gasteiger partial charge in [0.05, 0.1) is 0 Å². The third-order valence-corrected chi connectivity index (χ3v) is 2.70. The van der Waals surface area contributed by atoms with E-state index in [1.807, 2.05) is 30.3 Å². The van der Waals surface area contributed by atoms with Crippen molar-refractivity contribution in [2.24, 2.45) is 5.73 Å². The molecule has 0 aliphatic carbocycles. The van der Waals surface area contributed by atoms with Crippen LogP contribution < -0.4 is 10.5 Å². The summed E-state index contributed by atoms with van der Waals surface area (Å²) in [5.41, 5.74) is 6.12. The molecular weight excluding hydrogens is 254 g/mol. The van der Waals surface area contributed by atoms with E-state index in [1.165, 1.54) is 0 Å². The molecule has 0 aliphatic rings. The maximum atomic E-state index is 12.0. The van der Waals surface area contributed by atoms with Crippen molar-refractivity contribution in [1.29, 1.82) is 0 Å². The molecule has 0 bridgehead atoms. The van der Waals surface area contributed by atoms with Crippen LogP contribution in [0, 0.1) is 0 Å². The summed E-state index contributed by atoms with van der Waals surface area (Å²) < 4.78 is 10.8. The molecule has 0 amide bonds. The fourth-order valence-corrected chi connectivity index (χ4v) is 1.76.